The Bertz CT molecular complexity index is 269. The maximum atomic E-state index is 10.6. The third-order valence-electron chi connectivity index (χ3n) is 4.29. The topological polar surface area (TPSA) is 60.4 Å². The summed E-state index contributed by atoms with van der Waals surface area (Å²) in [5.74, 6) is 0. The van der Waals surface area contributed by atoms with Crippen molar-refractivity contribution in [2.45, 2.75) is 110 Å². The number of unbranched alkanes of at least 4 members (excludes halogenated alkanes) is 15. The third-order valence-corrected chi connectivity index (χ3v) is 5.18. The largest absolute Gasteiger partial charge is 1.00 e. The smallest absolute Gasteiger partial charge is 0.779 e. The maximum absolute atomic E-state index is 10.6. The van der Waals surface area contributed by atoms with Crippen LogP contribution in [-0.4, -0.2) is 11.1 Å². The number of rotatable bonds is 17. The molecule has 1 unspecified atom stereocenters. The third kappa shape index (κ3) is 26.1. The predicted octanol–water partition coefficient (Wildman–Crippen LogP) is 2.80. The standard InChI is InChI=1S/C18H39O3P.K/c1-2-3-4-5-6-7-8-9-10-11-12-13-14-15-16-17-18-22(19,20)21;/h2-18H2,1H3,(H2,19,20,21);/q;+1/p-1. The summed E-state index contributed by atoms with van der Waals surface area (Å²) < 4.78 is 10.6. The molecule has 1 atom stereocenters. The molecule has 0 rings (SSSR count). The average Bonchev–Trinajstić information content (AvgIpc) is 2.45. The van der Waals surface area contributed by atoms with Crippen LogP contribution in [0.2, 0.25) is 0 Å². The van der Waals surface area contributed by atoms with Gasteiger partial charge in [-0.2, -0.15) is 0 Å². The van der Waals surface area contributed by atoms with E-state index in [1.807, 2.05) is 0 Å². The van der Waals surface area contributed by atoms with Crippen LogP contribution in [0.25, 0.3) is 0 Å². The first-order chi connectivity index (χ1) is 10.6. The van der Waals surface area contributed by atoms with E-state index in [4.69, 9.17) is 4.89 Å². The van der Waals surface area contributed by atoms with Crippen LogP contribution >= 0.6 is 7.60 Å². The Balaban J connectivity index is 0. The Morgan fingerprint density at radius 3 is 1.17 bits per heavy atom. The summed E-state index contributed by atoms with van der Waals surface area (Å²) in [5.41, 5.74) is 0. The summed E-state index contributed by atoms with van der Waals surface area (Å²) in [6.07, 6.45) is 20.3. The zero-order chi connectivity index (χ0) is 16.5. The van der Waals surface area contributed by atoms with Crippen molar-refractivity contribution in [2.24, 2.45) is 0 Å². The van der Waals surface area contributed by atoms with Crippen LogP contribution < -0.4 is 56.3 Å². The van der Waals surface area contributed by atoms with Gasteiger partial charge in [-0.3, -0.25) is 0 Å². The zero-order valence-electron chi connectivity index (χ0n) is 15.7. The van der Waals surface area contributed by atoms with Crippen molar-refractivity contribution in [1.29, 1.82) is 0 Å². The molecule has 0 saturated carbocycles. The molecule has 0 heterocycles. The first kappa shape index (κ1) is 27.0. The Labute approximate surface area is 187 Å². The summed E-state index contributed by atoms with van der Waals surface area (Å²) >= 11 is 0. The number of hydrogen-bond acceptors (Lipinski definition) is 2. The van der Waals surface area contributed by atoms with Crippen molar-refractivity contribution in [2.75, 3.05) is 6.16 Å². The van der Waals surface area contributed by atoms with Gasteiger partial charge in [0.1, 0.15) is 7.60 Å². The van der Waals surface area contributed by atoms with E-state index in [2.05, 4.69) is 6.92 Å². The van der Waals surface area contributed by atoms with Gasteiger partial charge >= 0.3 is 51.4 Å². The molecular formula is C18H38KO3P. The second-order valence-electron chi connectivity index (χ2n) is 6.66. The van der Waals surface area contributed by atoms with E-state index < -0.39 is 7.60 Å². The molecule has 0 aliphatic rings. The molecule has 3 nitrogen and oxygen atoms in total. The minimum absolute atomic E-state index is 0. The van der Waals surface area contributed by atoms with Crippen molar-refractivity contribution in [3.05, 3.63) is 0 Å². The molecule has 5 heteroatoms. The van der Waals surface area contributed by atoms with Crippen molar-refractivity contribution in [3.63, 3.8) is 0 Å². The molecule has 0 radical (unpaired) electrons. The molecule has 0 aliphatic carbocycles. The second-order valence-corrected chi connectivity index (χ2v) is 8.39. The molecule has 0 aromatic heterocycles. The van der Waals surface area contributed by atoms with Crippen molar-refractivity contribution in [3.8, 4) is 0 Å². The summed E-state index contributed by atoms with van der Waals surface area (Å²) in [5, 5.41) is 0. The van der Waals surface area contributed by atoms with Gasteiger partial charge in [-0.1, -0.05) is 103 Å². The van der Waals surface area contributed by atoms with Gasteiger partial charge in [0.25, 0.3) is 0 Å². The van der Waals surface area contributed by atoms with E-state index in [0.29, 0.717) is 6.42 Å². The van der Waals surface area contributed by atoms with Gasteiger partial charge in [0, 0.05) is 6.16 Å². The van der Waals surface area contributed by atoms with Crippen LogP contribution in [0.1, 0.15) is 110 Å². The molecule has 0 fully saturated rings. The Morgan fingerprint density at radius 1 is 0.652 bits per heavy atom. The van der Waals surface area contributed by atoms with Gasteiger partial charge in [-0.25, -0.2) is 0 Å². The fourth-order valence-corrected chi connectivity index (χ4v) is 3.48. The molecule has 134 valence electrons. The SMILES string of the molecule is CCCCCCCCCCCCCCCCCCP(=O)([O-])O.[K+]. The molecule has 0 aromatic carbocycles. The van der Waals surface area contributed by atoms with Crippen molar-refractivity contribution >= 4 is 7.60 Å². The van der Waals surface area contributed by atoms with Crippen LogP contribution in [0, 0.1) is 0 Å². The molecule has 0 saturated heterocycles. The van der Waals surface area contributed by atoms with Gasteiger partial charge < -0.3 is 14.4 Å². The van der Waals surface area contributed by atoms with Crippen LogP contribution in [0.5, 0.6) is 0 Å². The van der Waals surface area contributed by atoms with Crippen LogP contribution in [0.15, 0.2) is 0 Å². The summed E-state index contributed by atoms with van der Waals surface area (Å²) in [4.78, 5) is 19.2. The van der Waals surface area contributed by atoms with Crippen LogP contribution in [-0.2, 0) is 4.57 Å². The summed E-state index contributed by atoms with van der Waals surface area (Å²) in [6, 6.07) is 0. The zero-order valence-corrected chi connectivity index (χ0v) is 19.7. The Hall–Kier alpha value is 1.79. The minimum atomic E-state index is -4.00. The van der Waals surface area contributed by atoms with Crippen LogP contribution in [0.3, 0.4) is 0 Å². The first-order valence-corrected chi connectivity index (χ1v) is 11.4. The van der Waals surface area contributed by atoms with E-state index in [1.54, 1.807) is 0 Å². The van der Waals surface area contributed by atoms with E-state index in [9.17, 15) is 9.46 Å². The normalized spacial score (nSPS) is 13.5. The van der Waals surface area contributed by atoms with Gasteiger partial charge in [0.05, 0.1) is 0 Å². The average molecular weight is 373 g/mol. The van der Waals surface area contributed by atoms with Gasteiger partial charge in [0.2, 0.25) is 0 Å². The maximum Gasteiger partial charge on any atom is 1.00 e. The van der Waals surface area contributed by atoms with E-state index in [1.165, 1.54) is 83.5 Å². The van der Waals surface area contributed by atoms with Crippen molar-refractivity contribution < 1.29 is 65.7 Å². The Morgan fingerprint density at radius 2 is 0.913 bits per heavy atom. The van der Waals surface area contributed by atoms with Gasteiger partial charge in [-0.15, -0.1) is 0 Å². The summed E-state index contributed by atoms with van der Waals surface area (Å²) in [7, 11) is -4.00. The quantitative estimate of drug-likeness (QED) is 0.243. The minimum Gasteiger partial charge on any atom is -0.779 e. The van der Waals surface area contributed by atoms with Gasteiger partial charge in [-0.05, 0) is 6.42 Å². The first-order valence-electron chi connectivity index (χ1n) is 9.59. The number of hydrogen-bond donors (Lipinski definition) is 1. The summed E-state index contributed by atoms with van der Waals surface area (Å²) in [6.45, 7) is 2.26. The van der Waals surface area contributed by atoms with Gasteiger partial charge in [0.15, 0.2) is 0 Å². The molecule has 0 bridgehead atoms. The molecule has 0 amide bonds. The monoisotopic (exact) mass is 372 g/mol. The van der Waals surface area contributed by atoms with E-state index in [-0.39, 0.29) is 57.5 Å². The van der Waals surface area contributed by atoms with E-state index in [0.717, 1.165) is 12.8 Å². The predicted molar refractivity (Wildman–Crippen MR) is 94.2 cm³/mol. The molecule has 0 spiro atoms. The van der Waals surface area contributed by atoms with Crippen molar-refractivity contribution in [1.82, 2.24) is 0 Å². The molecular weight excluding hydrogens is 334 g/mol. The molecule has 0 aromatic rings. The Kier molecular flexibility index (Phi) is 23.6. The van der Waals surface area contributed by atoms with E-state index >= 15 is 0 Å². The second kappa shape index (κ2) is 20.1. The molecule has 1 N–H and O–H groups in total. The fourth-order valence-electron chi connectivity index (χ4n) is 2.86. The van der Waals surface area contributed by atoms with Crippen LogP contribution in [0.4, 0.5) is 0 Å². The molecule has 23 heavy (non-hydrogen) atoms. The fraction of sp³-hybridized carbons (Fsp3) is 1.00. The molecule has 0 aliphatic heterocycles.